The summed E-state index contributed by atoms with van der Waals surface area (Å²) in [4.78, 5) is 14.0. The van der Waals surface area contributed by atoms with Gasteiger partial charge in [-0.1, -0.05) is 11.6 Å². The van der Waals surface area contributed by atoms with Gasteiger partial charge in [0.15, 0.2) is 0 Å². The van der Waals surface area contributed by atoms with Crippen molar-refractivity contribution in [1.82, 2.24) is 4.98 Å². The van der Waals surface area contributed by atoms with E-state index in [1.54, 1.807) is 25.1 Å². The van der Waals surface area contributed by atoms with Crippen LogP contribution in [0.2, 0.25) is 5.15 Å². The third-order valence-electron chi connectivity index (χ3n) is 2.30. The van der Waals surface area contributed by atoms with Crippen molar-refractivity contribution in [3.8, 4) is 11.5 Å². The van der Waals surface area contributed by atoms with Gasteiger partial charge in [0.05, 0.1) is 4.92 Å². The fourth-order valence-electron chi connectivity index (χ4n) is 1.44. The first-order valence-corrected chi connectivity index (χ1v) is 5.48. The Bertz CT molecular complexity index is 602. The highest BCUT2D eigenvalue weighted by molar-refractivity contribution is 6.29. The monoisotopic (exact) mass is 264 g/mol. The summed E-state index contributed by atoms with van der Waals surface area (Å²) < 4.78 is 5.58. The largest absolute Gasteiger partial charge is 0.457 e. The first-order chi connectivity index (χ1) is 8.56. The Morgan fingerprint density at radius 2 is 2.11 bits per heavy atom. The zero-order valence-electron chi connectivity index (χ0n) is 9.46. The van der Waals surface area contributed by atoms with Crippen LogP contribution < -0.4 is 4.74 Å². The molecule has 0 bridgehead atoms. The van der Waals surface area contributed by atoms with Gasteiger partial charge in [-0.2, -0.15) is 0 Å². The van der Waals surface area contributed by atoms with Crippen molar-refractivity contribution in [2.75, 3.05) is 0 Å². The van der Waals surface area contributed by atoms with E-state index >= 15 is 0 Å². The third-order valence-corrected chi connectivity index (χ3v) is 2.50. The van der Waals surface area contributed by atoms with Gasteiger partial charge in [-0.25, -0.2) is 4.98 Å². The van der Waals surface area contributed by atoms with Crippen LogP contribution in [0.15, 0.2) is 36.5 Å². The van der Waals surface area contributed by atoms with E-state index in [1.807, 2.05) is 0 Å². The molecule has 0 amide bonds. The van der Waals surface area contributed by atoms with Crippen LogP contribution >= 0.6 is 11.6 Å². The first-order valence-electron chi connectivity index (χ1n) is 5.11. The molecule has 0 saturated heterocycles. The average Bonchev–Trinajstić information content (AvgIpc) is 2.31. The van der Waals surface area contributed by atoms with E-state index < -0.39 is 4.92 Å². The van der Waals surface area contributed by atoms with Gasteiger partial charge in [-0.15, -0.1) is 0 Å². The number of rotatable bonds is 3. The number of nitro groups is 1. The van der Waals surface area contributed by atoms with Gasteiger partial charge in [0, 0.05) is 24.4 Å². The number of nitro benzene ring substituents is 1. The lowest BCUT2D eigenvalue weighted by Gasteiger charge is -2.08. The van der Waals surface area contributed by atoms with Crippen molar-refractivity contribution < 1.29 is 9.66 Å². The third kappa shape index (κ3) is 2.75. The van der Waals surface area contributed by atoms with Crippen molar-refractivity contribution in [3.05, 3.63) is 57.4 Å². The maximum absolute atomic E-state index is 10.6. The van der Waals surface area contributed by atoms with Gasteiger partial charge in [0.1, 0.15) is 16.7 Å². The van der Waals surface area contributed by atoms with E-state index in [9.17, 15) is 10.1 Å². The first kappa shape index (κ1) is 12.3. The van der Waals surface area contributed by atoms with Gasteiger partial charge in [0.25, 0.3) is 5.69 Å². The molecule has 0 aliphatic rings. The fraction of sp³-hybridized carbons (Fsp3) is 0.0833. The molecule has 0 atom stereocenters. The van der Waals surface area contributed by atoms with Crippen molar-refractivity contribution in [3.63, 3.8) is 0 Å². The van der Waals surface area contributed by atoms with Crippen LogP contribution in [0.4, 0.5) is 5.69 Å². The quantitative estimate of drug-likeness (QED) is 0.481. The minimum atomic E-state index is -0.444. The highest BCUT2D eigenvalue weighted by Crippen LogP contribution is 2.28. The topological polar surface area (TPSA) is 65.3 Å². The second kappa shape index (κ2) is 5.01. The maximum atomic E-state index is 10.6. The smallest absolute Gasteiger partial charge is 0.269 e. The predicted octanol–water partition coefficient (Wildman–Crippen LogP) is 3.74. The molecule has 0 fully saturated rings. The van der Waals surface area contributed by atoms with E-state index in [0.29, 0.717) is 22.2 Å². The molecule has 0 unspecified atom stereocenters. The zero-order valence-corrected chi connectivity index (χ0v) is 10.2. The lowest BCUT2D eigenvalue weighted by molar-refractivity contribution is -0.384. The molecule has 0 spiro atoms. The van der Waals surface area contributed by atoms with Gasteiger partial charge in [-0.3, -0.25) is 10.1 Å². The number of hydrogen-bond donors (Lipinski definition) is 0. The molecule has 0 saturated carbocycles. The Labute approximate surface area is 108 Å². The van der Waals surface area contributed by atoms with E-state index in [0.717, 1.165) is 0 Å². The standard InChI is InChI=1S/C12H9ClN2O3/c1-8-6-9(15(16)17)2-3-11(8)18-10-4-5-14-12(13)7-10/h2-7H,1H3. The zero-order chi connectivity index (χ0) is 13.1. The summed E-state index contributed by atoms with van der Waals surface area (Å²) in [7, 11) is 0. The van der Waals surface area contributed by atoms with Crippen LogP contribution in [0.5, 0.6) is 11.5 Å². The molecule has 2 rings (SSSR count). The summed E-state index contributed by atoms with van der Waals surface area (Å²) in [5.41, 5.74) is 0.713. The van der Waals surface area contributed by atoms with Crippen molar-refractivity contribution in [2.24, 2.45) is 0 Å². The Kier molecular flexibility index (Phi) is 3.43. The average molecular weight is 265 g/mol. The lowest BCUT2D eigenvalue weighted by Crippen LogP contribution is -1.92. The number of aromatic nitrogens is 1. The number of aryl methyl sites for hydroxylation is 1. The second-order valence-corrected chi connectivity index (χ2v) is 4.01. The highest BCUT2D eigenvalue weighted by atomic mass is 35.5. The fourth-order valence-corrected chi connectivity index (χ4v) is 1.60. The Morgan fingerprint density at radius 3 is 2.72 bits per heavy atom. The van der Waals surface area contributed by atoms with Crippen LogP contribution in [0.1, 0.15) is 5.56 Å². The molecule has 5 nitrogen and oxygen atoms in total. The molecular weight excluding hydrogens is 256 g/mol. The summed E-state index contributed by atoms with van der Waals surface area (Å²) in [6.45, 7) is 1.74. The molecule has 18 heavy (non-hydrogen) atoms. The normalized spacial score (nSPS) is 10.1. The second-order valence-electron chi connectivity index (χ2n) is 3.62. The molecule has 6 heteroatoms. The number of nitrogens with zero attached hydrogens (tertiary/aromatic N) is 2. The minimum absolute atomic E-state index is 0.0348. The number of hydrogen-bond acceptors (Lipinski definition) is 4. The summed E-state index contributed by atoms with van der Waals surface area (Å²) in [5, 5.41) is 10.9. The lowest BCUT2D eigenvalue weighted by atomic mass is 10.2. The van der Waals surface area contributed by atoms with Gasteiger partial charge < -0.3 is 4.74 Å². The van der Waals surface area contributed by atoms with Gasteiger partial charge in [-0.05, 0) is 24.6 Å². The molecule has 1 aromatic carbocycles. The molecule has 2 aromatic rings. The summed E-state index contributed by atoms with van der Waals surface area (Å²) >= 11 is 5.74. The SMILES string of the molecule is Cc1cc([N+](=O)[O-])ccc1Oc1ccnc(Cl)c1. The molecule has 0 N–H and O–H groups in total. The van der Waals surface area contributed by atoms with E-state index in [2.05, 4.69) is 4.98 Å². The number of halogens is 1. The molecule has 0 radical (unpaired) electrons. The molecule has 0 aliphatic heterocycles. The number of non-ortho nitro benzene ring substituents is 1. The predicted molar refractivity (Wildman–Crippen MR) is 67.2 cm³/mol. The maximum Gasteiger partial charge on any atom is 0.269 e. The van der Waals surface area contributed by atoms with Crippen LogP contribution in [-0.4, -0.2) is 9.91 Å². The Morgan fingerprint density at radius 1 is 1.33 bits per heavy atom. The summed E-state index contributed by atoms with van der Waals surface area (Å²) in [6.07, 6.45) is 1.53. The summed E-state index contributed by atoms with van der Waals surface area (Å²) in [5.74, 6) is 1.08. The van der Waals surface area contributed by atoms with Crippen molar-refractivity contribution >= 4 is 17.3 Å². The minimum Gasteiger partial charge on any atom is -0.457 e. The van der Waals surface area contributed by atoms with Gasteiger partial charge >= 0.3 is 0 Å². The Balaban J connectivity index is 2.27. The number of benzene rings is 1. The van der Waals surface area contributed by atoms with Crippen molar-refractivity contribution in [1.29, 1.82) is 0 Å². The van der Waals surface area contributed by atoms with Crippen LogP contribution in [0.25, 0.3) is 0 Å². The molecule has 1 aromatic heterocycles. The molecule has 92 valence electrons. The number of pyridine rings is 1. The highest BCUT2D eigenvalue weighted by Gasteiger charge is 2.09. The van der Waals surface area contributed by atoms with Crippen LogP contribution in [0.3, 0.4) is 0 Å². The molecular formula is C12H9ClN2O3. The van der Waals surface area contributed by atoms with E-state index in [4.69, 9.17) is 16.3 Å². The van der Waals surface area contributed by atoms with Crippen LogP contribution in [0, 0.1) is 17.0 Å². The summed E-state index contributed by atoms with van der Waals surface area (Å²) in [6, 6.07) is 7.64. The molecule has 1 heterocycles. The van der Waals surface area contributed by atoms with Crippen LogP contribution in [-0.2, 0) is 0 Å². The van der Waals surface area contributed by atoms with Crippen molar-refractivity contribution in [2.45, 2.75) is 6.92 Å². The van der Waals surface area contributed by atoms with E-state index in [-0.39, 0.29) is 5.69 Å². The Hall–Kier alpha value is -2.14. The van der Waals surface area contributed by atoms with E-state index in [1.165, 1.54) is 18.3 Å². The molecule has 0 aliphatic carbocycles. The van der Waals surface area contributed by atoms with Gasteiger partial charge in [0.2, 0.25) is 0 Å². The number of ether oxygens (including phenoxy) is 1.